The number of ether oxygens (including phenoxy) is 1. The van der Waals surface area contributed by atoms with Gasteiger partial charge in [0.05, 0.1) is 11.6 Å². The van der Waals surface area contributed by atoms with Gasteiger partial charge >= 0.3 is 0 Å². The summed E-state index contributed by atoms with van der Waals surface area (Å²) in [6.07, 6.45) is 0. The van der Waals surface area contributed by atoms with E-state index in [-0.39, 0.29) is 34.0 Å². The van der Waals surface area contributed by atoms with E-state index in [4.69, 9.17) is 16.3 Å². The van der Waals surface area contributed by atoms with Crippen LogP contribution in [0.2, 0.25) is 5.02 Å². The number of carbonyl (C=O) groups is 1. The molecule has 2 aromatic carbocycles. The summed E-state index contributed by atoms with van der Waals surface area (Å²) >= 11 is 9.22. The molecule has 0 aliphatic heterocycles. The van der Waals surface area contributed by atoms with E-state index >= 15 is 0 Å². The first-order chi connectivity index (χ1) is 12.6. The summed E-state index contributed by atoms with van der Waals surface area (Å²) in [4.78, 5) is 11.6. The van der Waals surface area contributed by atoms with Crippen LogP contribution in [0.3, 0.4) is 0 Å². The fraction of sp³-hybridized carbons (Fsp3) is 0.278. The average molecular weight is 476 g/mol. The minimum Gasteiger partial charge on any atom is -0.494 e. The van der Waals surface area contributed by atoms with Crippen LogP contribution in [0.4, 0.5) is 5.69 Å². The second kappa shape index (κ2) is 9.05. The molecule has 2 aromatic rings. The number of rotatable bonds is 7. The van der Waals surface area contributed by atoms with Gasteiger partial charge in [0, 0.05) is 23.2 Å². The van der Waals surface area contributed by atoms with Gasteiger partial charge in [0.1, 0.15) is 4.90 Å². The summed E-state index contributed by atoms with van der Waals surface area (Å²) in [5.41, 5.74) is 1.39. The van der Waals surface area contributed by atoms with Gasteiger partial charge in [-0.3, -0.25) is 4.79 Å². The van der Waals surface area contributed by atoms with Crippen molar-refractivity contribution < 1.29 is 17.9 Å². The number of anilines is 1. The molecule has 0 radical (unpaired) electrons. The molecule has 1 amide bonds. The third-order valence-electron chi connectivity index (χ3n) is 3.68. The molecule has 0 saturated carbocycles. The Labute approximate surface area is 172 Å². The molecule has 0 bridgehead atoms. The Morgan fingerprint density at radius 3 is 2.41 bits per heavy atom. The van der Waals surface area contributed by atoms with Gasteiger partial charge in [0.15, 0.2) is 5.75 Å². The number of hydrogen-bond acceptors (Lipinski definition) is 4. The number of sulfonamides is 1. The van der Waals surface area contributed by atoms with E-state index in [0.29, 0.717) is 10.2 Å². The molecule has 0 aliphatic rings. The quantitative estimate of drug-likeness (QED) is 0.629. The van der Waals surface area contributed by atoms with E-state index in [1.54, 1.807) is 44.2 Å². The van der Waals surface area contributed by atoms with Crippen molar-refractivity contribution in [2.45, 2.75) is 25.3 Å². The van der Waals surface area contributed by atoms with Crippen molar-refractivity contribution in [2.75, 3.05) is 12.4 Å². The molecule has 0 aliphatic carbocycles. The van der Waals surface area contributed by atoms with Crippen LogP contribution in [0, 0.1) is 5.92 Å². The fourth-order valence-electron chi connectivity index (χ4n) is 2.18. The maximum absolute atomic E-state index is 12.6. The van der Waals surface area contributed by atoms with Crippen LogP contribution in [-0.2, 0) is 21.4 Å². The van der Waals surface area contributed by atoms with E-state index in [1.165, 1.54) is 13.2 Å². The number of hydrogen-bond donors (Lipinski definition) is 2. The fourth-order valence-corrected chi connectivity index (χ4v) is 4.58. The summed E-state index contributed by atoms with van der Waals surface area (Å²) in [6, 6.07) is 9.82. The van der Waals surface area contributed by atoms with Crippen molar-refractivity contribution in [3.63, 3.8) is 0 Å². The Kier molecular flexibility index (Phi) is 7.27. The van der Waals surface area contributed by atoms with E-state index < -0.39 is 10.0 Å². The highest BCUT2D eigenvalue weighted by molar-refractivity contribution is 9.10. The Hall–Kier alpha value is -1.61. The lowest BCUT2D eigenvalue weighted by atomic mass is 10.2. The molecule has 9 heteroatoms. The van der Waals surface area contributed by atoms with Crippen molar-refractivity contribution in [3.05, 3.63) is 51.5 Å². The van der Waals surface area contributed by atoms with Crippen LogP contribution in [0.15, 0.2) is 45.8 Å². The number of carbonyl (C=O) groups excluding carboxylic acids is 1. The van der Waals surface area contributed by atoms with Crippen molar-refractivity contribution in [1.29, 1.82) is 0 Å². The molecule has 0 saturated heterocycles. The van der Waals surface area contributed by atoms with Crippen molar-refractivity contribution in [2.24, 2.45) is 5.92 Å². The first-order valence-electron chi connectivity index (χ1n) is 8.06. The molecule has 0 unspecified atom stereocenters. The van der Waals surface area contributed by atoms with Gasteiger partial charge < -0.3 is 10.1 Å². The van der Waals surface area contributed by atoms with Crippen LogP contribution in [0.1, 0.15) is 19.4 Å². The number of methoxy groups -OCH3 is 1. The average Bonchev–Trinajstić information content (AvgIpc) is 2.60. The molecule has 0 atom stereocenters. The summed E-state index contributed by atoms with van der Waals surface area (Å²) in [7, 11) is -2.46. The van der Waals surface area contributed by atoms with Crippen molar-refractivity contribution in [1.82, 2.24) is 4.72 Å². The van der Waals surface area contributed by atoms with Crippen LogP contribution in [-0.4, -0.2) is 21.4 Å². The topological polar surface area (TPSA) is 84.5 Å². The van der Waals surface area contributed by atoms with Gasteiger partial charge in [-0.25, -0.2) is 13.1 Å². The smallest absolute Gasteiger partial charge is 0.244 e. The first kappa shape index (κ1) is 21.7. The van der Waals surface area contributed by atoms with E-state index in [0.717, 1.165) is 5.56 Å². The molecular formula is C18H20BrClN2O4S. The summed E-state index contributed by atoms with van der Waals surface area (Å²) < 4.78 is 33.4. The van der Waals surface area contributed by atoms with Gasteiger partial charge in [-0.15, -0.1) is 0 Å². The second-order valence-electron chi connectivity index (χ2n) is 6.08. The third-order valence-corrected chi connectivity index (χ3v) is 5.89. The lowest BCUT2D eigenvalue weighted by Gasteiger charge is -2.13. The molecular weight excluding hydrogens is 456 g/mol. The predicted octanol–water partition coefficient (Wildman–Crippen LogP) is 4.18. The number of nitrogens with one attached hydrogen (secondary N) is 2. The standard InChI is InChI=1S/C18H20BrClN2O4S/c1-11(2)18(23)22-14-6-4-12(5-7-14)10-21-27(24,25)16-9-13(20)8-15(19)17(16)26-3/h4-9,11,21H,10H2,1-3H3,(H,22,23). The SMILES string of the molecule is COc1c(Br)cc(Cl)cc1S(=O)(=O)NCc1ccc(NC(=O)C(C)C)cc1. The molecule has 6 nitrogen and oxygen atoms in total. The van der Waals surface area contributed by atoms with Crippen LogP contribution < -0.4 is 14.8 Å². The van der Waals surface area contributed by atoms with E-state index in [1.807, 2.05) is 0 Å². The lowest BCUT2D eigenvalue weighted by Crippen LogP contribution is -2.24. The molecule has 0 heterocycles. The van der Waals surface area contributed by atoms with Gasteiger partial charge in [0.25, 0.3) is 0 Å². The Balaban J connectivity index is 2.13. The van der Waals surface area contributed by atoms with Gasteiger partial charge in [0.2, 0.25) is 15.9 Å². The molecule has 27 heavy (non-hydrogen) atoms. The molecule has 146 valence electrons. The normalized spacial score (nSPS) is 11.5. The summed E-state index contributed by atoms with van der Waals surface area (Å²) in [5.74, 6) is -0.0239. The van der Waals surface area contributed by atoms with Crippen molar-refractivity contribution >= 4 is 49.1 Å². The zero-order valence-electron chi connectivity index (χ0n) is 15.0. The molecule has 2 N–H and O–H groups in total. The highest BCUT2D eigenvalue weighted by Gasteiger charge is 2.22. The highest BCUT2D eigenvalue weighted by atomic mass is 79.9. The van der Waals surface area contributed by atoms with Gasteiger partial charge in [-0.1, -0.05) is 37.6 Å². The van der Waals surface area contributed by atoms with Crippen LogP contribution >= 0.6 is 27.5 Å². The molecule has 2 rings (SSSR count). The van der Waals surface area contributed by atoms with Gasteiger partial charge in [-0.05, 0) is 45.8 Å². The monoisotopic (exact) mass is 474 g/mol. The minimum atomic E-state index is -3.85. The summed E-state index contributed by atoms with van der Waals surface area (Å²) in [5, 5.41) is 3.05. The predicted molar refractivity (Wildman–Crippen MR) is 110 cm³/mol. The minimum absolute atomic E-state index is 0.0507. The maximum Gasteiger partial charge on any atom is 0.244 e. The van der Waals surface area contributed by atoms with Crippen LogP contribution in [0.5, 0.6) is 5.75 Å². The molecule has 0 fully saturated rings. The van der Waals surface area contributed by atoms with E-state index in [2.05, 4.69) is 26.0 Å². The zero-order chi connectivity index (χ0) is 20.2. The Bertz CT molecular complexity index is 931. The number of amides is 1. The first-order valence-corrected chi connectivity index (χ1v) is 10.7. The Morgan fingerprint density at radius 2 is 1.85 bits per heavy atom. The number of halogens is 2. The van der Waals surface area contributed by atoms with E-state index in [9.17, 15) is 13.2 Å². The largest absolute Gasteiger partial charge is 0.494 e. The van der Waals surface area contributed by atoms with Gasteiger partial charge in [-0.2, -0.15) is 0 Å². The summed E-state index contributed by atoms with van der Waals surface area (Å²) in [6.45, 7) is 3.69. The molecule has 0 aromatic heterocycles. The Morgan fingerprint density at radius 1 is 1.22 bits per heavy atom. The lowest BCUT2D eigenvalue weighted by molar-refractivity contribution is -0.118. The third kappa shape index (κ3) is 5.68. The maximum atomic E-state index is 12.6. The second-order valence-corrected chi connectivity index (χ2v) is 9.11. The van der Waals surface area contributed by atoms with Crippen molar-refractivity contribution in [3.8, 4) is 5.75 Å². The van der Waals surface area contributed by atoms with Crippen LogP contribution in [0.25, 0.3) is 0 Å². The number of benzene rings is 2. The zero-order valence-corrected chi connectivity index (χ0v) is 18.2. The highest BCUT2D eigenvalue weighted by Crippen LogP contribution is 2.35. The molecule has 0 spiro atoms.